The number of aromatic nitrogens is 4. The Balaban J connectivity index is 2.05. The van der Waals surface area contributed by atoms with Crippen molar-refractivity contribution >= 4 is 15.7 Å². The molecule has 2 aromatic rings. The van der Waals surface area contributed by atoms with Crippen LogP contribution in [0.3, 0.4) is 0 Å². The van der Waals surface area contributed by atoms with Gasteiger partial charge in [0.15, 0.2) is 0 Å². The maximum absolute atomic E-state index is 12.0. The predicted molar refractivity (Wildman–Crippen MR) is 67.3 cm³/mol. The molecule has 0 saturated heterocycles. The molecule has 0 unspecified atom stereocenters. The minimum absolute atomic E-state index is 0.00456. The minimum atomic E-state index is -3.67. The van der Waals surface area contributed by atoms with Gasteiger partial charge in [0.25, 0.3) is 0 Å². The zero-order valence-corrected chi connectivity index (χ0v) is 10.7. The van der Waals surface area contributed by atoms with Gasteiger partial charge in [-0.25, -0.2) is 18.1 Å². The first kappa shape index (κ1) is 13.4. The number of sulfonamides is 1. The first-order valence-electron chi connectivity index (χ1n) is 5.38. The molecule has 0 aliphatic rings. The molecule has 0 radical (unpaired) electrons. The summed E-state index contributed by atoms with van der Waals surface area (Å²) in [5, 5.41) is 6.32. The van der Waals surface area contributed by atoms with Crippen molar-refractivity contribution in [3.63, 3.8) is 0 Å². The molecule has 0 spiro atoms. The highest BCUT2D eigenvalue weighted by molar-refractivity contribution is 7.89. The van der Waals surface area contributed by atoms with Crippen LogP contribution in [0.5, 0.6) is 0 Å². The second-order valence-electron chi connectivity index (χ2n) is 3.60. The van der Waals surface area contributed by atoms with Crippen molar-refractivity contribution in [1.82, 2.24) is 24.9 Å². The minimum Gasteiger partial charge on any atom is -0.323 e. The molecular weight excluding hydrogens is 270 g/mol. The Kier molecular flexibility index (Phi) is 4.04. The van der Waals surface area contributed by atoms with Crippen molar-refractivity contribution in [2.45, 2.75) is 11.3 Å². The Morgan fingerprint density at radius 1 is 1.42 bits per heavy atom. The third-order valence-electron chi connectivity index (χ3n) is 2.35. The molecule has 2 rings (SSSR count). The third-order valence-corrected chi connectivity index (χ3v) is 3.84. The summed E-state index contributed by atoms with van der Waals surface area (Å²) in [6.07, 6.45) is 4.45. The van der Waals surface area contributed by atoms with Gasteiger partial charge in [0.2, 0.25) is 10.0 Å². The lowest BCUT2D eigenvalue weighted by atomic mass is 10.4. The number of hydrazine groups is 1. The lowest BCUT2D eigenvalue weighted by Gasteiger charge is -2.09. The standard InChI is InChI=1S/C9H13N7O2S/c10-15-7-1-3-11-5-8(7)19(17,18)14-4-2-9-12-6-13-16-9/h1,3,5-6,14H,2,4,10H2,(H,11,15)(H,12,13,16). The maximum Gasteiger partial charge on any atom is 0.244 e. The van der Waals surface area contributed by atoms with E-state index >= 15 is 0 Å². The van der Waals surface area contributed by atoms with E-state index in [0.29, 0.717) is 12.2 Å². The number of anilines is 1. The van der Waals surface area contributed by atoms with E-state index in [2.05, 4.69) is 30.3 Å². The molecule has 10 heteroatoms. The van der Waals surface area contributed by atoms with Gasteiger partial charge in [-0.15, -0.1) is 0 Å². The van der Waals surface area contributed by atoms with Crippen LogP contribution in [0.4, 0.5) is 5.69 Å². The molecule has 2 heterocycles. The van der Waals surface area contributed by atoms with Crippen molar-refractivity contribution < 1.29 is 8.42 Å². The van der Waals surface area contributed by atoms with Gasteiger partial charge >= 0.3 is 0 Å². The number of H-pyrrole nitrogens is 1. The Morgan fingerprint density at radius 2 is 2.26 bits per heavy atom. The zero-order valence-electron chi connectivity index (χ0n) is 9.87. The molecular formula is C9H13N7O2S. The van der Waals surface area contributed by atoms with Crippen molar-refractivity contribution in [2.24, 2.45) is 5.84 Å². The summed E-state index contributed by atoms with van der Waals surface area (Å²) >= 11 is 0. The molecule has 9 nitrogen and oxygen atoms in total. The maximum atomic E-state index is 12.0. The number of hydrogen-bond acceptors (Lipinski definition) is 7. The molecule has 0 bridgehead atoms. The monoisotopic (exact) mass is 283 g/mol. The van der Waals surface area contributed by atoms with Gasteiger partial charge in [-0.1, -0.05) is 0 Å². The second-order valence-corrected chi connectivity index (χ2v) is 5.33. The van der Waals surface area contributed by atoms with Crippen LogP contribution in [-0.4, -0.2) is 35.1 Å². The smallest absolute Gasteiger partial charge is 0.244 e. The quantitative estimate of drug-likeness (QED) is 0.394. The summed E-state index contributed by atoms with van der Waals surface area (Å²) in [6.45, 7) is 0.191. The molecule has 5 N–H and O–H groups in total. The van der Waals surface area contributed by atoms with E-state index in [-0.39, 0.29) is 17.1 Å². The summed E-state index contributed by atoms with van der Waals surface area (Å²) in [5.74, 6) is 5.86. The number of nitrogens with two attached hydrogens (primary N) is 1. The van der Waals surface area contributed by atoms with Crippen LogP contribution in [0.15, 0.2) is 29.7 Å². The largest absolute Gasteiger partial charge is 0.323 e. The highest BCUT2D eigenvalue weighted by atomic mass is 32.2. The number of pyridine rings is 1. The summed E-state index contributed by atoms with van der Waals surface area (Å²) < 4.78 is 26.5. The molecule has 0 aromatic carbocycles. The summed E-state index contributed by atoms with van der Waals surface area (Å²) in [7, 11) is -3.67. The van der Waals surface area contributed by atoms with E-state index in [9.17, 15) is 8.42 Å². The van der Waals surface area contributed by atoms with Crippen LogP contribution < -0.4 is 16.0 Å². The van der Waals surface area contributed by atoms with Gasteiger partial charge in [-0.3, -0.25) is 15.9 Å². The molecule has 102 valence electrons. The van der Waals surface area contributed by atoms with E-state index < -0.39 is 10.0 Å². The molecule has 2 aromatic heterocycles. The Morgan fingerprint density at radius 3 is 2.95 bits per heavy atom. The molecule has 0 fully saturated rings. The van der Waals surface area contributed by atoms with Crippen LogP contribution in [-0.2, 0) is 16.4 Å². The number of nitrogen functional groups attached to an aromatic ring is 1. The molecule has 0 saturated carbocycles. The summed E-state index contributed by atoms with van der Waals surface area (Å²) in [4.78, 5) is 7.67. The Bertz CT molecular complexity index is 626. The fraction of sp³-hybridized carbons (Fsp3) is 0.222. The van der Waals surface area contributed by atoms with Crippen molar-refractivity contribution in [1.29, 1.82) is 0 Å². The number of rotatable bonds is 6. The first-order chi connectivity index (χ1) is 9.13. The normalized spacial score (nSPS) is 11.4. The molecule has 0 amide bonds. The molecule has 0 atom stereocenters. The van der Waals surface area contributed by atoms with Gasteiger partial charge in [0, 0.05) is 25.4 Å². The fourth-order valence-electron chi connectivity index (χ4n) is 1.45. The van der Waals surface area contributed by atoms with E-state index in [1.807, 2.05) is 0 Å². The van der Waals surface area contributed by atoms with Gasteiger partial charge in [0.05, 0.1) is 5.69 Å². The number of nitrogens with zero attached hydrogens (tertiary/aromatic N) is 3. The van der Waals surface area contributed by atoms with Crippen molar-refractivity contribution in [2.75, 3.05) is 12.0 Å². The number of aromatic amines is 1. The fourth-order valence-corrected chi connectivity index (χ4v) is 2.59. The molecule has 0 aliphatic heterocycles. The van der Waals surface area contributed by atoms with E-state index in [1.54, 1.807) is 0 Å². The van der Waals surface area contributed by atoms with Crippen LogP contribution >= 0.6 is 0 Å². The van der Waals surface area contributed by atoms with E-state index in [1.165, 1.54) is 24.8 Å². The number of hydrogen-bond donors (Lipinski definition) is 4. The SMILES string of the molecule is NNc1ccncc1S(=O)(=O)NCCc1ncn[nH]1. The topological polar surface area (TPSA) is 139 Å². The second kappa shape index (κ2) is 5.73. The molecule has 19 heavy (non-hydrogen) atoms. The lowest BCUT2D eigenvalue weighted by Crippen LogP contribution is -2.27. The Hall–Kier alpha value is -2.04. The Labute approximate surface area is 109 Å². The van der Waals surface area contributed by atoms with Gasteiger partial charge in [-0.2, -0.15) is 5.10 Å². The van der Waals surface area contributed by atoms with E-state index in [0.717, 1.165) is 0 Å². The highest BCUT2D eigenvalue weighted by Crippen LogP contribution is 2.17. The summed E-state index contributed by atoms with van der Waals surface area (Å²) in [5.41, 5.74) is 2.60. The third kappa shape index (κ3) is 3.24. The highest BCUT2D eigenvalue weighted by Gasteiger charge is 2.18. The van der Waals surface area contributed by atoms with Crippen molar-refractivity contribution in [3.05, 3.63) is 30.6 Å². The van der Waals surface area contributed by atoms with Gasteiger partial charge in [0.1, 0.15) is 17.0 Å². The van der Waals surface area contributed by atoms with Crippen LogP contribution in [0.25, 0.3) is 0 Å². The van der Waals surface area contributed by atoms with E-state index in [4.69, 9.17) is 5.84 Å². The molecule has 0 aliphatic carbocycles. The van der Waals surface area contributed by atoms with Crippen molar-refractivity contribution in [3.8, 4) is 0 Å². The summed E-state index contributed by atoms with van der Waals surface area (Å²) in [6, 6.07) is 1.48. The van der Waals surface area contributed by atoms with Gasteiger partial charge < -0.3 is 5.43 Å². The van der Waals surface area contributed by atoms with Crippen LogP contribution in [0.2, 0.25) is 0 Å². The van der Waals surface area contributed by atoms with Crippen LogP contribution in [0.1, 0.15) is 5.82 Å². The lowest BCUT2D eigenvalue weighted by molar-refractivity contribution is 0.580. The average molecular weight is 283 g/mol. The zero-order chi connectivity index (χ0) is 13.7. The van der Waals surface area contributed by atoms with Gasteiger partial charge in [-0.05, 0) is 6.07 Å². The first-order valence-corrected chi connectivity index (χ1v) is 6.86. The number of nitrogens with one attached hydrogen (secondary N) is 3. The predicted octanol–water partition coefficient (Wildman–Crippen LogP) is -0.994. The average Bonchev–Trinajstić information content (AvgIpc) is 2.91. The van der Waals surface area contributed by atoms with Crippen LogP contribution in [0, 0.1) is 0 Å².